The standard InChI is InChI=1S/C10H16N2O3/c13-9(14)7-2-1-3-8(7)12-10(15)11-6-4-5-6/h6-8H,1-5H2,(H,13,14)(H2,11,12,15)/t7-,8+/m1/s1. The number of carboxylic acids is 1. The van der Waals surface area contributed by atoms with Gasteiger partial charge in [-0.3, -0.25) is 4.79 Å². The van der Waals surface area contributed by atoms with Crippen LogP contribution in [0.5, 0.6) is 0 Å². The van der Waals surface area contributed by atoms with Crippen molar-refractivity contribution in [2.75, 3.05) is 0 Å². The molecule has 0 unspecified atom stereocenters. The first kappa shape index (κ1) is 10.3. The van der Waals surface area contributed by atoms with Gasteiger partial charge in [0.15, 0.2) is 0 Å². The topological polar surface area (TPSA) is 78.4 Å². The Morgan fingerprint density at radius 3 is 2.40 bits per heavy atom. The summed E-state index contributed by atoms with van der Waals surface area (Å²) in [6, 6.07) is -0.0911. The van der Waals surface area contributed by atoms with E-state index in [2.05, 4.69) is 10.6 Å². The zero-order chi connectivity index (χ0) is 10.8. The highest BCUT2D eigenvalue weighted by Crippen LogP contribution is 2.26. The maximum absolute atomic E-state index is 11.4. The first-order chi connectivity index (χ1) is 7.16. The number of rotatable bonds is 3. The summed E-state index contributed by atoms with van der Waals surface area (Å²) in [5.41, 5.74) is 0. The molecule has 5 nitrogen and oxygen atoms in total. The Morgan fingerprint density at radius 1 is 1.07 bits per heavy atom. The summed E-state index contributed by atoms with van der Waals surface area (Å²) in [5.74, 6) is -1.21. The summed E-state index contributed by atoms with van der Waals surface area (Å²) in [6.45, 7) is 0. The number of hydrogen-bond acceptors (Lipinski definition) is 2. The van der Waals surface area contributed by atoms with Crippen molar-refractivity contribution in [1.29, 1.82) is 0 Å². The van der Waals surface area contributed by atoms with Crippen LogP contribution in [0.1, 0.15) is 32.1 Å². The van der Waals surface area contributed by atoms with Gasteiger partial charge in [-0.25, -0.2) is 4.79 Å². The highest BCUT2D eigenvalue weighted by molar-refractivity contribution is 5.77. The molecule has 0 saturated heterocycles. The molecule has 2 aliphatic rings. The van der Waals surface area contributed by atoms with Gasteiger partial charge >= 0.3 is 12.0 Å². The van der Waals surface area contributed by atoms with Crippen molar-refractivity contribution in [3.8, 4) is 0 Å². The van der Waals surface area contributed by atoms with Gasteiger partial charge in [-0.05, 0) is 25.7 Å². The fourth-order valence-electron chi connectivity index (χ4n) is 2.05. The molecule has 0 aromatic heterocycles. The van der Waals surface area contributed by atoms with E-state index in [-0.39, 0.29) is 12.1 Å². The van der Waals surface area contributed by atoms with Gasteiger partial charge in [0.05, 0.1) is 5.92 Å². The molecule has 5 heteroatoms. The lowest BCUT2D eigenvalue weighted by atomic mass is 10.0. The van der Waals surface area contributed by atoms with Crippen molar-refractivity contribution < 1.29 is 14.7 Å². The Kier molecular flexibility index (Phi) is 2.79. The number of urea groups is 1. The molecule has 2 aliphatic carbocycles. The molecule has 15 heavy (non-hydrogen) atoms. The van der Waals surface area contributed by atoms with Gasteiger partial charge in [0.1, 0.15) is 0 Å². The summed E-state index contributed by atoms with van der Waals surface area (Å²) in [5, 5.41) is 14.5. The number of carbonyl (C=O) groups excluding carboxylic acids is 1. The minimum atomic E-state index is -0.802. The second kappa shape index (κ2) is 4.08. The second-order valence-electron chi connectivity index (χ2n) is 4.37. The number of nitrogens with one attached hydrogen (secondary N) is 2. The zero-order valence-corrected chi connectivity index (χ0v) is 8.53. The number of amides is 2. The number of carboxylic acid groups (broad SMARTS) is 1. The summed E-state index contributed by atoms with van der Waals surface area (Å²) < 4.78 is 0. The molecule has 2 saturated carbocycles. The molecule has 0 aromatic rings. The van der Waals surface area contributed by atoms with E-state index in [0.717, 1.165) is 25.7 Å². The highest BCUT2D eigenvalue weighted by atomic mass is 16.4. The van der Waals surface area contributed by atoms with Gasteiger partial charge in [0.25, 0.3) is 0 Å². The molecule has 3 N–H and O–H groups in total. The third-order valence-corrected chi connectivity index (χ3v) is 3.06. The minimum absolute atomic E-state index is 0.193. The monoisotopic (exact) mass is 212 g/mol. The molecule has 0 bridgehead atoms. The molecule has 0 heterocycles. The van der Waals surface area contributed by atoms with Crippen molar-refractivity contribution in [2.45, 2.75) is 44.2 Å². The van der Waals surface area contributed by atoms with Crippen LogP contribution in [-0.4, -0.2) is 29.2 Å². The van der Waals surface area contributed by atoms with Crippen LogP contribution in [-0.2, 0) is 4.79 Å². The summed E-state index contributed by atoms with van der Waals surface area (Å²) >= 11 is 0. The van der Waals surface area contributed by atoms with Crippen molar-refractivity contribution in [3.63, 3.8) is 0 Å². The van der Waals surface area contributed by atoms with Crippen molar-refractivity contribution >= 4 is 12.0 Å². The van der Waals surface area contributed by atoms with Gasteiger partial charge in [-0.1, -0.05) is 6.42 Å². The number of carbonyl (C=O) groups is 2. The number of aliphatic carboxylic acids is 1. The highest BCUT2D eigenvalue weighted by Gasteiger charge is 2.34. The van der Waals surface area contributed by atoms with Gasteiger partial charge in [-0.2, -0.15) is 0 Å². The normalized spacial score (nSPS) is 29.9. The summed E-state index contributed by atoms with van der Waals surface area (Å²) in [6.07, 6.45) is 4.41. The van der Waals surface area contributed by atoms with Crippen molar-refractivity contribution in [2.24, 2.45) is 5.92 Å². The summed E-state index contributed by atoms with van der Waals surface area (Å²) in [4.78, 5) is 22.3. The van der Waals surface area contributed by atoms with Crippen LogP contribution in [0, 0.1) is 5.92 Å². The molecule has 0 aromatic carbocycles. The molecular formula is C10H16N2O3. The quantitative estimate of drug-likeness (QED) is 0.644. The molecule has 0 radical (unpaired) electrons. The van der Waals surface area contributed by atoms with E-state index in [4.69, 9.17) is 5.11 Å². The Balaban J connectivity index is 1.81. The van der Waals surface area contributed by atoms with E-state index in [1.165, 1.54) is 0 Å². The Hall–Kier alpha value is -1.26. The Morgan fingerprint density at radius 2 is 1.80 bits per heavy atom. The molecular weight excluding hydrogens is 196 g/mol. The van der Waals surface area contributed by atoms with Gasteiger partial charge in [0, 0.05) is 12.1 Å². The Bertz CT molecular complexity index is 276. The molecule has 2 fully saturated rings. The SMILES string of the molecule is O=C(NC1CC1)N[C@H]1CCC[C@H]1C(=O)O. The predicted octanol–water partition coefficient (Wildman–Crippen LogP) is 0.701. The third-order valence-electron chi connectivity index (χ3n) is 3.06. The predicted molar refractivity (Wildman–Crippen MR) is 53.5 cm³/mol. The largest absolute Gasteiger partial charge is 0.481 e. The first-order valence-corrected chi connectivity index (χ1v) is 5.46. The van der Waals surface area contributed by atoms with Crippen molar-refractivity contribution in [3.05, 3.63) is 0 Å². The van der Waals surface area contributed by atoms with E-state index in [9.17, 15) is 9.59 Å². The summed E-state index contributed by atoms with van der Waals surface area (Å²) in [7, 11) is 0. The fourth-order valence-corrected chi connectivity index (χ4v) is 2.05. The second-order valence-corrected chi connectivity index (χ2v) is 4.37. The minimum Gasteiger partial charge on any atom is -0.481 e. The molecule has 0 aliphatic heterocycles. The van der Waals surface area contributed by atoms with Crippen LogP contribution in [0.25, 0.3) is 0 Å². The van der Waals surface area contributed by atoms with Gasteiger partial charge in [0.2, 0.25) is 0 Å². The molecule has 2 rings (SSSR count). The maximum atomic E-state index is 11.4. The smallest absolute Gasteiger partial charge is 0.315 e. The van der Waals surface area contributed by atoms with E-state index in [0.29, 0.717) is 12.5 Å². The van der Waals surface area contributed by atoms with Crippen LogP contribution in [0.3, 0.4) is 0 Å². The first-order valence-electron chi connectivity index (χ1n) is 5.46. The average Bonchev–Trinajstić information content (AvgIpc) is 2.82. The molecule has 2 atom stereocenters. The fraction of sp³-hybridized carbons (Fsp3) is 0.800. The van der Waals surface area contributed by atoms with Crippen LogP contribution in [0.15, 0.2) is 0 Å². The van der Waals surface area contributed by atoms with Crippen LogP contribution in [0.4, 0.5) is 4.79 Å². The third kappa shape index (κ3) is 2.61. The van der Waals surface area contributed by atoms with E-state index in [1.807, 2.05) is 0 Å². The van der Waals surface area contributed by atoms with Gasteiger partial charge in [-0.15, -0.1) is 0 Å². The van der Waals surface area contributed by atoms with E-state index >= 15 is 0 Å². The van der Waals surface area contributed by atoms with E-state index < -0.39 is 11.9 Å². The lowest BCUT2D eigenvalue weighted by Crippen LogP contribution is -2.45. The van der Waals surface area contributed by atoms with Crippen molar-refractivity contribution in [1.82, 2.24) is 10.6 Å². The molecule has 2 amide bonds. The molecule has 0 spiro atoms. The van der Waals surface area contributed by atoms with Gasteiger partial charge < -0.3 is 15.7 Å². The van der Waals surface area contributed by atoms with Crippen LogP contribution in [0.2, 0.25) is 0 Å². The lowest BCUT2D eigenvalue weighted by molar-refractivity contribution is -0.142. The molecule has 84 valence electrons. The maximum Gasteiger partial charge on any atom is 0.315 e. The van der Waals surface area contributed by atoms with Crippen LogP contribution >= 0.6 is 0 Å². The van der Waals surface area contributed by atoms with E-state index in [1.54, 1.807) is 0 Å². The van der Waals surface area contributed by atoms with Crippen LogP contribution < -0.4 is 10.6 Å². The lowest BCUT2D eigenvalue weighted by Gasteiger charge is -2.17. The Labute approximate surface area is 88.2 Å². The zero-order valence-electron chi connectivity index (χ0n) is 8.53. The number of hydrogen-bond donors (Lipinski definition) is 3. The average molecular weight is 212 g/mol.